The van der Waals surface area contributed by atoms with E-state index >= 15 is 0 Å². The lowest BCUT2D eigenvalue weighted by Gasteiger charge is -2.12. The minimum Gasteiger partial charge on any atom is -0.497 e. The summed E-state index contributed by atoms with van der Waals surface area (Å²) in [5, 5.41) is 1.75. The number of carbonyl (C=O) groups is 3. The molecular weight excluding hydrogens is 282 g/mol. The zero-order chi connectivity index (χ0) is 16.0. The van der Waals surface area contributed by atoms with Gasteiger partial charge in [0.2, 0.25) is 0 Å². The molecule has 21 heavy (non-hydrogen) atoms. The van der Waals surface area contributed by atoms with Crippen LogP contribution in [0.3, 0.4) is 0 Å². The van der Waals surface area contributed by atoms with Crippen molar-refractivity contribution in [1.29, 1.82) is 0 Å². The normalized spacial score (nSPS) is 9.62. The summed E-state index contributed by atoms with van der Waals surface area (Å²) in [6.45, 7) is -0.680. The van der Waals surface area contributed by atoms with E-state index in [-0.39, 0.29) is 17.0 Å². The lowest BCUT2D eigenvalue weighted by molar-refractivity contribution is -0.123. The van der Waals surface area contributed by atoms with Gasteiger partial charge in [0, 0.05) is 6.07 Å². The van der Waals surface area contributed by atoms with E-state index in [0.29, 0.717) is 5.75 Å². The van der Waals surface area contributed by atoms with Crippen LogP contribution in [0, 0.1) is 0 Å². The average molecular weight is 297 g/mol. The number of primary amides is 1. The van der Waals surface area contributed by atoms with Gasteiger partial charge in [-0.25, -0.2) is 9.59 Å². The van der Waals surface area contributed by atoms with Gasteiger partial charge in [-0.1, -0.05) is 0 Å². The standard InChI is InChI=1S/C12H15N3O6/c1-19-6-3-7(10(13)8(4-6)20-2)11(17)21-5-9(16)15-12(14)18/h3-4H,5,13H2,1-2H3,(H3,14,15,16,18). The molecule has 3 amide bonds. The molecule has 0 aliphatic carbocycles. The number of ether oxygens (including phenoxy) is 3. The predicted molar refractivity (Wildman–Crippen MR) is 72.0 cm³/mol. The molecule has 1 aromatic rings. The van der Waals surface area contributed by atoms with Crippen LogP contribution in [0.25, 0.3) is 0 Å². The van der Waals surface area contributed by atoms with E-state index in [2.05, 4.69) is 0 Å². The first-order valence-electron chi connectivity index (χ1n) is 5.67. The van der Waals surface area contributed by atoms with Crippen LogP contribution in [0.1, 0.15) is 10.4 Å². The quantitative estimate of drug-likeness (QED) is 0.497. The van der Waals surface area contributed by atoms with E-state index in [9.17, 15) is 14.4 Å². The van der Waals surface area contributed by atoms with Gasteiger partial charge in [0.1, 0.15) is 11.5 Å². The van der Waals surface area contributed by atoms with Crippen molar-refractivity contribution in [3.63, 3.8) is 0 Å². The molecule has 0 saturated carbocycles. The summed E-state index contributed by atoms with van der Waals surface area (Å²) in [5.41, 5.74) is 10.5. The van der Waals surface area contributed by atoms with E-state index in [4.69, 9.17) is 25.7 Å². The average Bonchev–Trinajstić information content (AvgIpc) is 2.44. The summed E-state index contributed by atoms with van der Waals surface area (Å²) >= 11 is 0. The molecule has 114 valence electrons. The molecule has 0 heterocycles. The van der Waals surface area contributed by atoms with Crippen LogP contribution >= 0.6 is 0 Å². The molecule has 9 heteroatoms. The van der Waals surface area contributed by atoms with Gasteiger partial charge >= 0.3 is 12.0 Å². The van der Waals surface area contributed by atoms with Crippen LogP contribution in [-0.2, 0) is 9.53 Å². The maximum absolute atomic E-state index is 11.9. The fourth-order valence-corrected chi connectivity index (χ4v) is 1.44. The van der Waals surface area contributed by atoms with Gasteiger partial charge in [0.15, 0.2) is 6.61 Å². The van der Waals surface area contributed by atoms with Crippen molar-refractivity contribution in [2.45, 2.75) is 0 Å². The SMILES string of the molecule is COc1cc(OC)c(N)c(C(=O)OCC(=O)NC(N)=O)c1. The Morgan fingerprint density at radius 1 is 1.19 bits per heavy atom. The zero-order valence-corrected chi connectivity index (χ0v) is 11.5. The topological polar surface area (TPSA) is 143 Å². The number of rotatable bonds is 5. The van der Waals surface area contributed by atoms with Crippen molar-refractivity contribution in [3.8, 4) is 11.5 Å². The molecule has 0 bridgehead atoms. The number of carbonyl (C=O) groups excluding carboxylic acids is 3. The molecule has 0 aliphatic heterocycles. The number of anilines is 1. The Kier molecular flexibility index (Phi) is 5.35. The highest BCUT2D eigenvalue weighted by atomic mass is 16.5. The van der Waals surface area contributed by atoms with Crippen LogP contribution in [0.15, 0.2) is 12.1 Å². The van der Waals surface area contributed by atoms with Crippen molar-refractivity contribution in [3.05, 3.63) is 17.7 Å². The second-order valence-electron chi connectivity index (χ2n) is 3.78. The molecule has 1 aromatic carbocycles. The van der Waals surface area contributed by atoms with Crippen molar-refractivity contribution < 1.29 is 28.6 Å². The molecule has 0 saturated heterocycles. The number of benzene rings is 1. The van der Waals surface area contributed by atoms with Gasteiger partial charge in [-0.2, -0.15) is 0 Å². The van der Waals surface area contributed by atoms with Crippen molar-refractivity contribution in [2.24, 2.45) is 5.73 Å². The Hall–Kier alpha value is -2.97. The minimum atomic E-state index is -1.04. The van der Waals surface area contributed by atoms with Crippen molar-refractivity contribution in [2.75, 3.05) is 26.6 Å². The van der Waals surface area contributed by atoms with E-state index in [1.54, 1.807) is 5.32 Å². The Bertz CT molecular complexity index is 572. The van der Waals surface area contributed by atoms with Gasteiger partial charge in [-0.15, -0.1) is 0 Å². The Balaban J connectivity index is 2.87. The van der Waals surface area contributed by atoms with Crippen molar-refractivity contribution >= 4 is 23.6 Å². The Morgan fingerprint density at radius 2 is 1.86 bits per heavy atom. The van der Waals surface area contributed by atoms with Crippen LogP contribution < -0.4 is 26.3 Å². The van der Waals surface area contributed by atoms with Gasteiger partial charge in [-0.05, 0) is 6.07 Å². The smallest absolute Gasteiger partial charge is 0.341 e. The third-order valence-electron chi connectivity index (χ3n) is 2.39. The van der Waals surface area contributed by atoms with Gasteiger partial charge in [0.25, 0.3) is 5.91 Å². The summed E-state index contributed by atoms with van der Waals surface area (Å²) in [7, 11) is 2.78. The molecule has 0 unspecified atom stereocenters. The van der Waals surface area contributed by atoms with Crippen LogP contribution in [0.5, 0.6) is 11.5 Å². The number of urea groups is 1. The number of amides is 3. The first kappa shape index (κ1) is 16.1. The highest BCUT2D eigenvalue weighted by molar-refractivity contribution is 5.99. The summed E-state index contributed by atoms with van der Waals surface area (Å²) in [5.74, 6) is -1.17. The molecule has 1 rings (SSSR count). The first-order chi connectivity index (χ1) is 9.88. The molecule has 0 radical (unpaired) electrons. The molecule has 9 nitrogen and oxygen atoms in total. The summed E-state index contributed by atoms with van der Waals surface area (Å²) in [6.07, 6.45) is 0. The highest BCUT2D eigenvalue weighted by Gasteiger charge is 2.18. The number of esters is 1. The molecule has 0 fully saturated rings. The summed E-state index contributed by atoms with van der Waals surface area (Å²) in [4.78, 5) is 33.5. The molecule has 5 N–H and O–H groups in total. The molecule has 0 spiro atoms. The fourth-order valence-electron chi connectivity index (χ4n) is 1.44. The van der Waals surface area contributed by atoms with Crippen LogP contribution in [-0.4, -0.2) is 38.7 Å². The zero-order valence-electron chi connectivity index (χ0n) is 11.5. The predicted octanol–water partition coefficient (Wildman–Crippen LogP) is -0.362. The van der Waals surface area contributed by atoms with E-state index in [1.165, 1.54) is 26.4 Å². The van der Waals surface area contributed by atoms with Crippen molar-refractivity contribution in [1.82, 2.24) is 5.32 Å². The van der Waals surface area contributed by atoms with E-state index in [1.807, 2.05) is 0 Å². The number of hydrogen-bond acceptors (Lipinski definition) is 7. The monoisotopic (exact) mass is 297 g/mol. The maximum atomic E-state index is 11.9. The lowest BCUT2D eigenvalue weighted by Crippen LogP contribution is -2.37. The Labute approximate surface area is 120 Å². The second kappa shape index (κ2) is 6.98. The van der Waals surface area contributed by atoms with Gasteiger partial charge in [-0.3, -0.25) is 10.1 Å². The fraction of sp³-hybridized carbons (Fsp3) is 0.250. The minimum absolute atomic E-state index is 0.0296. The summed E-state index contributed by atoms with van der Waals surface area (Å²) < 4.78 is 14.7. The number of nitrogens with two attached hydrogens (primary N) is 2. The summed E-state index contributed by atoms with van der Waals surface area (Å²) in [6, 6.07) is 1.79. The largest absolute Gasteiger partial charge is 0.497 e. The second-order valence-corrected chi connectivity index (χ2v) is 3.78. The van der Waals surface area contributed by atoms with E-state index in [0.717, 1.165) is 0 Å². The lowest BCUT2D eigenvalue weighted by atomic mass is 10.1. The number of nitrogens with one attached hydrogen (secondary N) is 1. The van der Waals surface area contributed by atoms with E-state index < -0.39 is 24.5 Å². The van der Waals surface area contributed by atoms with Crippen LogP contribution in [0.2, 0.25) is 0 Å². The molecular formula is C12H15N3O6. The Morgan fingerprint density at radius 3 is 2.38 bits per heavy atom. The first-order valence-corrected chi connectivity index (χ1v) is 5.67. The third kappa shape index (κ3) is 4.27. The number of hydrogen-bond donors (Lipinski definition) is 3. The number of methoxy groups -OCH3 is 2. The number of imide groups is 1. The molecule has 0 atom stereocenters. The number of nitrogen functional groups attached to an aromatic ring is 1. The molecule has 0 aromatic heterocycles. The molecule has 0 aliphatic rings. The van der Waals surface area contributed by atoms with Crippen LogP contribution in [0.4, 0.5) is 10.5 Å². The van der Waals surface area contributed by atoms with Gasteiger partial charge < -0.3 is 25.7 Å². The van der Waals surface area contributed by atoms with Gasteiger partial charge in [0.05, 0.1) is 25.5 Å². The maximum Gasteiger partial charge on any atom is 0.341 e. The third-order valence-corrected chi connectivity index (χ3v) is 2.39. The highest BCUT2D eigenvalue weighted by Crippen LogP contribution is 2.31.